The minimum atomic E-state index is -0.389. The molecule has 0 fully saturated rings. The van der Waals surface area contributed by atoms with E-state index in [9.17, 15) is 4.79 Å². The summed E-state index contributed by atoms with van der Waals surface area (Å²) in [5.74, 6) is -0.389. The molecule has 0 atom stereocenters. The predicted molar refractivity (Wildman–Crippen MR) is 70.0 cm³/mol. The quantitative estimate of drug-likeness (QED) is 0.630. The fraction of sp³-hybridized carbons (Fsp3) is 0. The standard InChI is InChI=1S/C15H11NO/c16-15(17)13-6-5-12-7-10-3-1-2-4-11(10)8-14(12)9-13/h1-9H,(H2,16,17). The first-order valence-electron chi connectivity index (χ1n) is 5.46. The molecule has 0 spiro atoms. The fourth-order valence-electron chi connectivity index (χ4n) is 2.09. The molecule has 3 aromatic rings. The zero-order valence-corrected chi connectivity index (χ0v) is 9.18. The molecule has 17 heavy (non-hydrogen) atoms. The lowest BCUT2D eigenvalue weighted by atomic mass is 10.0. The van der Waals surface area contributed by atoms with Crippen LogP contribution in [0.3, 0.4) is 0 Å². The number of carbonyl (C=O) groups excluding carboxylic acids is 1. The lowest BCUT2D eigenvalue weighted by molar-refractivity contribution is 0.100. The molecule has 0 unspecified atom stereocenters. The largest absolute Gasteiger partial charge is 0.366 e. The van der Waals surface area contributed by atoms with Crippen LogP contribution in [-0.2, 0) is 0 Å². The zero-order valence-electron chi connectivity index (χ0n) is 9.18. The maximum absolute atomic E-state index is 11.1. The van der Waals surface area contributed by atoms with E-state index < -0.39 is 0 Å². The van der Waals surface area contributed by atoms with Crippen LogP contribution in [0, 0.1) is 0 Å². The maximum atomic E-state index is 11.1. The zero-order chi connectivity index (χ0) is 11.8. The van der Waals surface area contributed by atoms with Crippen molar-refractivity contribution in [2.75, 3.05) is 0 Å². The van der Waals surface area contributed by atoms with Crippen molar-refractivity contribution >= 4 is 27.5 Å². The van der Waals surface area contributed by atoms with E-state index in [1.807, 2.05) is 24.3 Å². The topological polar surface area (TPSA) is 43.1 Å². The van der Waals surface area contributed by atoms with Gasteiger partial charge in [0.05, 0.1) is 0 Å². The second-order valence-corrected chi connectivity index (χ2v) is 4.13. The second kappa shape index (κ2) is 3.59. The molecule has 0 aliphatic heterocycles. The van der Waals surface area contributed by atoms with Crippen LogP contribution in [0.5, 0.6) is 0 Å². The fourth-order valence-corrected chi connectivity index (χ4v) is 2.09. The first-order chi connectivity index (χ1) is 8.24. The highest BCUT2D eigenvalue weighted by Crippen LogP contribution is 2.23. The number of rotatable bonds is 1. The van der Waals surface area contributed by atoms with Gasteiger partial charge >= 0.3 is 0 Å². The molecular weight excluding hydrogens is 210 g/mol. The van der Waals surface area contributed by atoms with Crippen LogP contribution in [0.1, 0.15) is 10.4 Å². The number of hydrogen-bond donors (Lipinski definition) is 1. The van der Waals surface area contributed by atoms with Crippen molar-refractivity contribution in [2.45, 2.75) is 0 Å². The van der Waals surface area contributed by atoms with Crippen molar-refractivity contribution in [1.29, 1.82) is 0 Å². The summed E-state index contributed by atoms with van der Waals surface area (Å²) in [6.45, 7) is 0. The van der Waals surface area contributed by atoms with Crippen molar-refractivity contribution in [3.8, 4) is 0 Å². The van der Waals surface area contributed by atoms with Gasteiger partial charge in [-0.05, 0) is 45.8 Å². The number of fused-ring (bicyclic) bond motifs is 2. The Morgan fingerprint density at radius 3 is 2.00 bits per heavy atom. The molecule has 2 N–H and O–H groups in total. The van der Waals surface area contributed by atoms with Crippen LogP contribution in [-0.4, -0.2) is 5.91 Å². The van der Waals surface area contributed by atoms with Crippen LogP contribution in [0.25, 0.3) is 21.5 Å². The molecule has 0 radical (unpaired) electrons. The predicted octanol–water partition coefficient (Wildman–Crippen LogP) is 3.09. The molecule has 1 amide bonds. The summed E-state index contributed by atoms with van der Waals surface area (Å²) in [6, 6.07) is 17.9. The normalized spacial score (nSPS) is 10.8. The number of primary amides is 1. The lowest BCUT2D eigenvalue weighted by Gasteiger charge is -2.03. The number of hydrogen-bond acceptors (Lipinski definition) is 1. The SMILES string of the molecule is NC(=O)c1ccc2cc3ccccc3cc2c1. The highest BCUT2D eigenvalue weighted by atomic mass is 16.1. The number of carbonyl (C=O) groups is 1. The Balaban J connectivity index is 2.36. The average Bonchev–Trinajstić information content (AvgIpc) is 2.35. The van der Waals surface area contributed by atoms with E-state index >= 15 is 0 Å². The lowest BCUT2D eigenvalue weighted by Crippen LogP contribution is -2.10. The van der Waals surface area contributed by atoms with Gasteiger partial charge in [-0.1, -0.05) is 30.3 Å². The summed E-state index contributed by atoms with van der Waals surface area (Å²) < 4.78 is 0. The Bertz CT molecular complexity index is 731. The van der Waals surface area contributed by atoms with Gasteiger partial charge in [0.15, 0.2) is 0 Å². The van der Waals surface area contributed by atoms with Crippen molar-refractivity contribution in [3.05, 3.63) is 60.2 Å². The molecule has 3 aromatic carbocycles. The number of nitrogens with two attached hydrogens (primary N) is 1. The molecule has 0 saturated carbocycles. The van der Waals surface area contributed by atoms with Crippen LogP contribution in [0.15, 0.2) is 54.6 Å². The second-order valence-electron chi connectivity index (χ2n) is 4.13. The molecule has 0 aliphatic rings. The number of amides is 1. The first-order valence-corrected chi connectivity index (χ1v) is 5.46. The van der Waals surface area contributed by atoms with Gasteiger partial charge in [-0.2, -0.15) is 0 Å². The molecule has 3 rings (SSSR count). The van der Waals surface area contributed by atoms with E-state index in [0.717, 1.165) is 10.8 Å². The molecule has 0 bridgehead atoms. The maximum Gasteiger partial charge on any atom is 0.248 e. The summed E-state index contributed by atoms with van der Waals surface area (Å²) in [5.41, 5.74) is 5.83. The van der Waals surface area contributed by atoms with E-state index in [0.29, 0.717) is 5.56 Å². The molecule has 0 heterocycles. The Kier molecular flexibility index (Phi) is 2.08. The Morgan fingerprint density at radius 2 is 1.35 bits per heavy atom. The van der Waals surface area contributed by atoms with Gasteiger partial charge in [0.25, 0.3) is 0 Å². The third-order valence-corrected chi connectivity index (χ3v) is 2.99. The summed E-state index contributed by atoms with van der Waals surface area (Å²) in [6.07, 6.45) is 0. The minimum Gasteiger partial charge on any atom is -0.366 e. The minimum absolute atomic E-state index is 0.389. The molecule has 0 aliphatic carbocycles. The molecule has 2 heteroatoms. The van der Waals surface area contributed by atoms with Gasteiger partial charge in [0, 0.05) is 5.56 Å². The van der Waals surface area contributed by atoms with Gasteiger partial charge < -0.3 is 5.73 Å². The summed E-state index contributed by atoms with van der Waals surface area (Å²) in [4.78, 5) is 11.1. The van der Waals surface area contributed by atoms with Crippen molar-refractivity contribution < 1.29 is 4.79 Å². The van der Waals surface area contributed by atoms with E-state index in [2.05, 4.69) is 24.3 Å². The highest BCUT2D eigenvalue weighted by Gasteiger charge is 2.02. The summed E-state index contributed by atoms with van der Waals surface area (Å²) >= 11 is 0. The molecule has 0 aromatic heterocycles. The van der Waals surface area contributed by atoms with Crippen LogP contribution >= 0.6 is 0 Å². The molecular formula is C15H11NO. The first kappa shape index (κ1) is 9.85. The van der Waals surface area contributed by atoms with E-state index in [4.69, 9.17) is 5.73 Å². The van der Waals surface area contributed by atoms with Crippen molar-refractivity contribution in [2.24, 2.45) is 5.73 Å². The van der Waals surface area contributed by atoms with Gasteiger partial charge in [-0.15, -0.1) is 0 Å². The van der Waals surface area contributed by atoms with E-state index in [1.54, 1.807) is 6.07 Å². The smallest absolute Gasteiger partial charge is 0.248 e. The van der Waals surface area contributed by atoms with Crippen LogP contribution < -0.4 is 5.73 Å². The van der Waals surface area contributed by atoms with E-state index in [1.165, 1.54) is 10.8 Å². The highest BCUT2D eigenvalue weighted by molar-refractivity contribution is 6.02. The monoisotopic (exact) mass is 221 g/mol. The third kappa shape index (κ3) is 1.64. The summed E-state index contributed by atoms with van der Waals surface area (Å²) in [5, 5.41) is 4.53. The van der Waals surface area contributed by atoms with Gasteiger partial charge in [-0.3, -0.25) is 4.79 Å². The van der Waals surface area contributed by atoms with E-state index in [-0.39, 0.29) is 5.91 Å². The Hall–Kier alpha value is -2.35. The van der Waals surface area contributed by atoms with Gasteiger partial charge in [0.1, 0.15) is 0 Å². The third-order valence-electron chi connectivity index (χ3n) is 2.99. The average molecular weight is 221 g/mol. The Morgan fingerprint density at radius 1 is 0.765 bits per heavy atom. The van der Waals surface area contributed by atoms with Crippen molar-refractivity contribution in [3.63, 3.8) is 0 Å². The summed E-state index contributed by atoms with van der Waals surface area (Å²) in [7, 11) is 0. The number of benzene rings is 3. The molecule has 82 valence electrons. The van der Waals surface area contributed by atoms with Crippen LogP contribution in [0.4, 0.5) is 0 Å². The molecule has 0 saturated heterocycles. The van der Waals surface area contributed by atoms with Gasteiger partial charge in [0.2, 0.25) is 5.91 Å². The Labute approximate surface area is 98.7 Å². The van der Waals surface area contributed by atoms with Crippen LogP contribution in [0.2, 0.25) is 0 Å². The van der Waals surface area contributed by atoms with Gasteiger partial charge in [-0.25, -0.2) is 0 Å². The molecule has 2 nitrogen and oxygen atoms in total. The van der Waals surface area contributed by atoms with Crippen molar-refractivity contribution in [1.82, 2.24) is 0 Å².